The van der Waals surface area contributed by atoms with Crippen molar-refractivity contribution in [3.8, 4) is 0 Å². The van der Waals surface area contributed by atoms with Gasteiger partial charge in [-0.15, -0.1) is 0 Å². The number of ketones is 1. The van der Waals surface area contributed by atoms with Crippen molar-refractivity contribution in [2.45, 2.75) is 19.9 Å². The number of benzene rings is 1. The van der Waals surface area contributed by atoms with Crippen LogP contribution in [0.4, 0.5) is 0 Å². The van der Waals surface area contributed by atoms with Gasteiger partial charge in [-0.05, 0) is 19.3 Å². The Morgan fingerprint density at radius 1 is 1.32 bits per heavy atom. The van der Waals surface area contributed by atoms with E-state index in [9.17, 15) is 14.8 Å². The lowest BCUT2D eigenvalue weighted by Gasteiger charge is -2.12. The number of nitrogens with zero attached hydrogens (tertiary/aromatic N) is 2. The summed E-state index contributed by atoms with van der Waals surface area (Å²) in [6.45, 7) is 3.90. The number of carbonyl (C=O) groups excluding carboxylic acids is 1. The highest BCUT2D eigenvalue weighted by molar-refractivity contribution is 6.60. The number of carbonyl (C=O) groups is 1. The molecule has 0 aliphatic heterocycles. The van der Waals surface area contributed by atoms with E-state index in [-0.39, 0.29) is 22.9 Å². The molecule has 1 aromatic carbocycles. The van der Waals surface area contributed by atoms with Crippen molar-refractivity contribution >= 4 is 18.4 Å². The standard InChI is InChI=1S/C13H15BN2O3/c1-9(2)16-8-7-15-13(16)12(17)10-5-3-4-6-11(10)14(18)19/h3-9,18-19H,1-2H3. The first-order valence-electron chi connectivity index (χ1n) is 6.05. The van der Waals surface area contributed by atoms with Crippen LogP contribution in [0.15, 0.2) is 36.7 Å². The van der Waals surface area contributed by atoms with Crippen LogP contribution in [0.5, 0.6) is 0 Å². The number of hydrogen-bond donors (Lipinski definition) is 2. The molecule has 1 aromatic heterocycles. The Hall–Kier alpha value is -1.92. The SMILES string of the molecule is CC(C)n1ccnc1C(=O)c1ccccc1B(O)O. The summed E-state index contributed by atoms with van der Waals surface area (Å²) in [5.74, 6) is -0.0227. The Morgan fingerprint density at radius 2 is 2.00 bits per heavy atom. The van der Waals surface area contributed by atoms with Gasteiger partial charge in [0.15, 0.2) is 5.82 Å². The van der Waals surface area contributed by atoms with Gasteiger partial charge in [-0.1, -0.05) is 24.3 Å². The summed E-state index contributed by atoms with van der Waals surface area (Å²) in [7, 11) is -1.68. The predicted molar refractivity (Wildman–Crippen MR) is 72.3 cm³/mol. The Labute approximate surface area is 111 Å². The molecular formula is C13H15BN2O3. The summed E-state index contributed by atoms with van der Waals surface area (Å²) in [6.07, 6.45) is 3.29. The molecule has 0 unspecified atom stereocenters. The van der Waals surface area contributed by atoms with Crippen molar-refractivity contribution in [2.24, 2.45) is 0 Å². The van der Waals surface area contributed by atoms with Gasteiger partial charge in [0.25, 0.3) is 0 Å². The van der Waals surface area contributed by atoms with Crippen LogP contribution in [-0.4, -0.2) is 32.5 Å². The molecule has 2 rings (SSSR count). The van der Waals surface area contributed by atoms with Crippen molar-refractivity contribution in [3.63, 3.8) is 0 Å². The molecular weight excluding hydrogens is 243 g/mol. The van der Waals surface area contributed by atoms with Gasteiger partial charge in [-0.3, -0.25) is 4.79 Å². The van der Waals surface area contributed by atoms with Crippen LogP contribution in [-0.2, 0) is 0 Å². The van der Waals surface area contributed by atoms with Crippen LogP contribution in [0.2, 0.25) is 0 Å². The van der Waals surface area contributed by atoms with Gasteiger partial charge in [-0.2, -0.15) is 0 Å². The summed E-state index contributed by atoms with van der Waals surface area (Å²) in [4.78, 5) is 16.5. The fraction of sp³-hybridized carbons (Fsp3) is 0.231. The van der Waals surface area contributed by atoms with E-state index in [1.807, 2.05) is 13.8 Å². The first-order chi connectivity index (χ1) is 9.02. The van der Waals surface area contributed by atoms with E-state index in [0.717, 1.165) is 0 Å². The molecule has 0 spiro atoms. The molecule has 1 heterocycles. The summed E-state index contributed by atoms with van der Waals surface area (Å²) in [6, 6.07) is 6.52. The summed E-state index contributed by atoms with van der Waals surface area (Å²) in [5.41, 5.74) is 0.441. The van der Waals surface area contributed by atoms with Crippen molar-refractivity contribution < 1.29 is 14.8 Å². The molecule has 0 amide bonds. The van der Waals surface area contributed by atoms with E-state index in [0.29, 0.717) is 5.82 Å². The van der Waals surface area contributed by atoms with Crippen molar-refractivity contribution in [3.05, 3.63) is 48.0 Å². The third-order valence-electron chi connectivity index (χ3n) is 2.91. The van der Waals surface area contributed by atoms with E-state index in [4.69, 9.17) is 0 Å². The second kappa shape index (κ2) is 5.38. The minimum absolute atomic E-state index is 0.104. The lowest BCUT2D eigenvalue weighted by atomic mass is 9.76. The maximum atomic E-state index is 12.5. The van der Waals surface area contributed by atoms with Gasteiger partial charge in [0, 0.05) is 24.0 Å². The number of hydrogen-bond acceptors (Lipinski definition) is 4. The lowest BCUT2D eigenvalue weighted by molar-refractivity contribution is 0.102. The fourth-order valence-electron chi connectivity index (χ4n) is 1.96. The van der Waals surface area contributed by atoms with Crippen LogP contribution < -0.4 is 5.46 Å². The molecule has 0 saturated heterocycles. The first-order valence-corrected chi connectivity index (χ1v) is 6.05. The van der Waals surface area contributed by atoms with Gasteiger partial charge in [0.05, 0.1) is 0 Å². The van der Waals surface area contributed by atoms with Gasteiger partial charge in [0.1, 0.15) is 0 Å². The summed E-state index contributed by atoms with van der Waals surface area (Å²) in [5, 5.41) is 18.6. The molecule has 2 N–H and O–H groups in total. The monoisotopic (exact) mass is 258 g/mol. The Kier molecular flexibility index (Phi) is 3.83. The second-order valence-corrected chi connectivity index (χ2v) is 4.54. The molecule has 0 bridgehead atoms. The van der Waals surface area contributed by atoms with Crippen molar-refractivity contribution in [1.82, 2.24) is 9.55 Å². The van der Waals surface area contributed by atoms with E-state index < -0.39 is 7.12 Å². The summed E-state index contributed by atoms with van der Waals surface area (Å²) < 4.78 is 1.75. The van der Waals surface area contributed by atoms with E-state index in [2.05, 4.69) is 4.98 Å². The minimum Gasteiger partial charge on any atom is -0.423 e. The minimum atomic E-state index is -1.68. The van der Waals surface area contributed by atoms with Crippen molar-refractivity contribution in [2.75, 3.05) is 0 Å². The maximum Gasteiger partial charge on any atom is 0.489 e. The third-order valence-corrected chi connectivity index (χ3v) is 2.91. The molecule has 6 heteroatoms. The van der Waals surface area contributed by atoms with Crippen LogP contribution in [0.1, 0.15) is 36.1 Å². The van der Waals surface area contributed by atoms with Gasteiger partial charge >= 0.3 is 7.12 Å². The number of aromatic nitrogens is 2. The molecule has 5 nitrogen and oxygen atoms in total. The number of rotatable bonds is 4. The molecule has 0 radical (unpaired) electrons. The normalized spacial score (nSPS) is 10.8. The van der Waals surface area contributed by atoms with Crippen molar-refractivity contribution in [1.29, 1.82) is 0 Å². The highest BCUT2D eigenvalue weighted by Gasteiger charge is 2.23. The average Bonchev–Trinajstić information content (AvgIpc) is 2.87. The van der Waals surface area contributed by atoms with Gasteiger partial charge < -0.3 is 14.6 Å². The van der Waals surface area contributed by atoms with Crippen LogP contribution in [0.25, 0.3) is 0 Å². The zero-order chi connectivity index (χ0) is 14.0. The lowest BCUT2D eigenvalue weighted by Crippen LogP contribution is -2.35. The van der Waals surface area contributed by atoms with Gasteiger partial charge in [0.2, 0.25) is 5.78 Å². The predicted octanol–water partition coefficient (Wildman–Crippen LogP) is 0.375. The topological polar surface area (TPSA) is 75.4 Å². The Bertz CT molecular complexity index is 593. The largest absolute Gasteiger partial charge is 0.489 e. The van der Waals surface area contributed by atoms with Crippen LogP contribution >= 0.6 is 0 Å². The number of imidazole rings is 1. The summed E-state index contributed by atoms with van der Waals surface area (Å²) >= 11 is 0. The quantitative estimate of drug-likeness (QED) is 0.614. The molecule has 0 aliphatic rings. The van der Waals surface area contributed by atoms with Crippen LogP contribution in [0.3, 0.4) is 0 Å². The Morgan fingerprint density at radius 3 is 2.63 bits per heavy atom. The molecule has 0 saturated carbocycles. The second-order valence-electron chi connectivity index (χ2n) is 4.54. The maximum absolute atomic E-state index is 12.5. The fourth-order valence-corrected chi connectivity index (χ4v) is 1.96. The zero-order valence-electron chi connectivity index (χ0n) is 10.8. The van der Waals surface area contributed by atoms with Gasteiger partial charge in [-0.25, -0.2) is 4.98 Å². The molecule has 0 fully saturated rings. The smallest absolute Gasteiger partial charge is 0.423 e. The highest BCUT2D eigenvalue weighted by Crippen LogP contribution is 2.12. The Balaban J connectivity index is 2.48. The highest BCUT2D eigenvalue weighted by atomic mass is 16.4. The zero-order valence-corrected chi connectivity index (χ0v) is 10.8. The van der Waals surface area contributed by atoms with E-state index in [1.165, 1.54) is 6.07 Å². The molecule has 19 heavy (non-hydrogen) atoms. The third kappa shape index (κ3) is 2.59. The molecule has 98 valence electrons. The molecule has 0 atom stereocenters. The van der Waals surface area contributed by atoms with E-state index >= 15 is 0 Å². The first kappa shape index (κ1) is 13.5. The van der Waals surface area contributed by atoms with E-state index in [1.54, 1.807) is 35.2 Å². The molecule has 0 aliphatic carbocycles. The average molecular weight is 258 g/mol. The molecule has 2 aromatic rings. The van der Waals surface area contributed by atoms with Crippen LogP contribution in [0, 0.1) is 0 Å².